The van der Waals surface area contributed by atoms with Gasteiger partial charge in [0.1, 0.15) is 5.82 Å². The Hall–Kier alpha value is -1.44. The normalized spacial score (nSPS) is 10.3. The summed E-state index contributed by atoms with van der Waals surface area (Å²) in [6.07, 6.45) is 3.17. The molecule has 0 bridgehead atoms. The first kappa shape index (κ1) is 12.0. The summed E-state index contributed by atoms with van der Waals surface area (Å²) in [4.78, 5) is 13.6. The second-order valence-electron chi connectivity index (χ2n) is 3.44. The number of aromatic amines is 1. The Bertz CT molecular complexity index is 542. The van der Waals surface area contributed by atoms with Gasteiger partial charge in [-0.15, -0.1) is 0 Å². The molecule has 1 heterocycles. The summed E-state index contributed by atoms with van der Waals surface area (Å²) in [6.45, 7) is 0. The molecule has 0 aliphatic carbocycles. The molecule has 0 radical (unpaired) electrons. The number of benzene rings is 1. The van der Waals surface area contributed by atoms with Crippen LogP contribution in [0.4, 0.5) is 10.1 Å². The lowest BCUT2D eigenvalue weighted by atomic mass is 10.2. The van der Waals surface area contributed by atoms with E-state index in [4.69, 9.17) is 0 Å². The lowest BCUT2D eigenvalue weighted by Crippen LogP contribution is -2.26. The molecule has 17 heavy (non-hydrogen) atoms. The van der Waals surface area contributed by atoms with E-state index < -0.39 is 0 Å². The van der Waals surface area contributed by atoms with Gasteiger partial charge in [-0.3, -0.25) is 9.89 Å². The van der Waals surface area contributed by atoms with E-state index in [2.05, 4.69) is 10.2 Å². The molecule has 0 fully saturated rings. The molecule has 1 N–H and O–H groups in total. The fourth-order valence-electron chi connectivity index (χ4n) is 1.39. The van der Waals surface area contributed by atoms with Gasteiger partial charge in [-0.05, 0) is 40.8 Å². The molecule has 2 rings (SSSR count). The standard InChI is InChI=1S/C11H9FIN3O/c1-16(8-5-14-15-6-8)11(17)9-3-2-7(12)4-10(9)13/h2-6H,1H3,(H,14,15). The van der Waals surface area contributed by atoms with E-state index in [0.717, 1.165) is 0 Å². The molecule has 0 saturated carbocycles. The average Bonchev–Trinajstić information content (AvgIpc) is 2.80. The zero-order valence-corrected chi connectivity index (χ0v) is 11.1. The minimum absolute atomic E-state index is 0.198. The van der Waals surface area contributed by atoms with Crippen LogP contribution in [0.15, 0.2) is 30.6 Å². The number of aromatic nitrogens is 2. The van der Waals surface area contributed by atoms with Crippen LogP contribution in [0.5, 0.6) is 0 Å². The van der Waals surface area contributed by atoms with Crippen molar-refractivity contribution in [1.82, 2.24) is 10.2 Å². The van der Waals surface area contributed by atoms with E-state index in [1.165, 1.54) is 23.1 Å². The third-order valence-electron chi connectivity index (χ3n) is 2.34. The summed E-state index contributed by atoms with van der Waals surface area (Å²) in [6, 6.07) is 4.09. The molecule has 0 saturated heterocycles. The molecule has 0 aliphatic rings. The van der Waals surface area contributed by atoms with Crippen LogP contribution in [0.1, 0.15) is 10.4 Å². The highest BCUT2D eigenvalue weighted by molar-refractivity contribution is 14.1. The first-order chi connectivity index (χ1) is 8.09. The van der Waals surface area contributed by atoms with Crippen molar-refractivity contribution >= 4 is 34.2 Å². The van der Waals surface area contributed by atoms with Gasteiger partial charge < -0.3 is 4.90 Å². The van der Waals surface area contributed by atoms with Crippen molar-refractivity contribution in [3.63, 3.8) is 0 Å². The van der Waals surface area contributed by atoms with Crippen LogP contribution in [-0.4, -0.2) is 23.2 Å². The molecular weight excluding hydrogens is 336 g/mol. The fraction of sp³-hybridized carbons (Fsp3) is 0.0909. The Balaban J connectivity index is 2.31. The second-order valence-corrected chi connectivity index (χ2v) is 4.61. The van der Waals surface area contributed by atoms with Crippen LogP contribution < -0.4 is 4.90 Å². The fourth-order valence-corrected chi connectivity index (χ4v) is 2.10. The first-order valence-corrected chi connectivity index (χ1v) is 5.89. The zero-order valence-electron chi connectivity index (χ0n) is 8.95. The van der Waals surface area contributed by atoms with Gasteiger partial charge in [-0.25, -0.2) is 4.39 Å². The molecule has 0 atom stereocenters. The van der Waals surface area contributed by atoms with Crippen molar-refractivity contribution in [2.75, 3.05) is 11.9 Å². The summed E-state index contributed by atoms with van der Waals surface area (Å²) < 4.78 is 13.5. The van der Waals surface area contributed by atoms with Crippen LogP contribution in [-0.2, 0) is 0 Å². The third-order valence-corrected chi connectivity index (χ3v) is 3.23. The number of hydrogen-bond acceptors (Lipinski definition) is 2. The van der Waals surface area contributed by atoms with Crippen molar-refractivity contribution in [2.45, 2.75) is 0 Å². The van der Waals surface area contributed by atoms with Crippen molar-refractivity contribution in [2.24, 2.45) is 0 Å². The van der Waals surface area contributed by atoms with Gasteiger partial charge in [0.2, 0.25) is 0 Å². The smallest absolute Gasteiger partial charge is 0.259 e. The number of H-pyrrole nitrogens is 1. The summed E-state index contributed by atoms with van der Waals surface area (Å²) in [5.41, 5.74) is 1.13. The average molecular weight is 345 g/mol. The zero-order chi connectivity index (χ0) is 12.4. The predicted molar refractivity (Wildman–Crippen MR) is 70.4 cm³/mol. The van der Waals surface area contributed by atoms with Gasteiger partial charge in [0.05, 0.1) is 17.4 Å². The van der Waals surface area contributed by atoms with Gasteiger partial charge in [0.15, 0.2) is 0 Å². The highest BCUT2D eigenvalue weighted by Crippen LogP contribution is 2.18. The number of nitrogens with one attached hydrogen (secondary N) is 1. The monoisotopic (exact) mass is 345 g/mol. The predicted octanol–water partition coefficient (Wildman–Crippen LogP) is 2.43. The molecule has 0 spiro atoms. The van der Waals surface area contributed by atoms with Crippen LogP contribution >= 0.6 is 22.6 Å². The van der Waals surface area contributed by atoms with E-state index in [1.807, 2.05) is 22.6 Å². The minimum atomic E-state index is -0.350. The number of halogens is 2. The van der Waals surface area contributed by atoms with Crippen molar-refractivity contribution in [3.8, 4) is 0 Å². The third kappa shape index (κ3) is 2.46. The molecule has 2 aromatic rings. The van der Waals surface area contributed by atoms with Crippen LogP contribution in [0.25, 0.3) is 0 Å². The van der Waals surface area contributed by atoms with Crippen molar-refractivity contribution in [3.05, 3.63) is 45.5 Å². The SMILES string of the molecule is CN(C(=O)c1ccc(F)cc1I)c1cn[nH]c1. The molecule has 0 unspecified atom stereocenters. The molecule has 0 aliphatic heterocycles. The van der Waals surface area contributed by atoms with E-state index in [0.29, 0.717) is 14.8 Å². The highest BCUT2D eigenvalue weighted by atomic mass is 127. The summed E-state index contributed by atoms with van der Waals surface area (Å²) in [7, 11) is 1.65. The number of carbonyl (C=O) groups excluding carboxylic acids is 1. The number of rotatable bonds is 2. The first-order valence-electron chi connectivity index (χ1n) is 4.81. The van der Waals surface area contributed by atoms with Gasteiger partial charge in [0.25, 0.3) is 5.91 Å². The Morgan fingerprint density at radius 2 is 2.29 bits per heavy atom. The van der Waals surface area contributed by atoms with E-state index in [1.54, 1.807) is 19.4 Å². The lowest BCUT2D eigenvalue weighted by Gasteiger charge is -2.15. The van der Waals surface area contributed by atoms with E-state index >= 15 is 0 Å². The Morgan fingerprint density at radius 3 is 2.88 bits per heavy atom. The second kappa shape index (κ2) is 4.82. The van der Waals surface area contributed by atoms with Crippen LogP contribution in [0.3, 0.4) is 0 Å². The van der Waals surface area contributed by atoms with E-state index in [9.17, 15) is 9.18 Å². The Morgan fingerprint density at radius 1 is 1.53 bits per heavy atom. The van der Waals surface area contributed by atoms with Gasteiger partial charge in [-0.2, -0.15) is 5.10 Å². The lowest BCUT2D eigenvalue weighted by molar-refractivity contribution is 0.0992. The maximum Gasteiger partial charge on any atom is 0.259 e. The maximum atomic E-state index is 12.9. The molecule has 1 aromatic carbocycles. The molecule has 4 nitrogen and oxygen atoms in total. The number of anilines is 1. The van der Waals surface area contributed by atoms with Gasteiger partial charge >= 0.3 is 0 Å². The van der Waals surface area contributed by atoms with Crippen LogP contribution in [0.2, 0.25) is 0 Å². The van der Waals surface area contributed by atoms with Crippen molar-refractivity contribution < 1.29 is 9.18 Å². The summed E-state index contributed by atoms with van der Waals surface area (Å²) in [5, 5.41) is 6.41. The number of hydrogen-bond donors (Lipinski definition) is 1. The molecule has 88 valence electrons. The number of nitrogens with zero attached hydrogens (tertiary/aromatic N) is 2. The number of carbonyl (C=O) groups is 1. The molecule has 6 heteroatoms. The van der Waals surface area contributed by atoms with Crippen molar-refractivity contribution in [1.29, 1.82) is 0 Å². The van der Waals surface area contributed by atoms with Crippen LogP contribution in [0, 0.1) is 9.39 Å². The Labute approximate surface area is 111 Å². The largest absolute Gasteiger partial charge is 0.308 e. The summed E-state index contributed by atoms with van der Waals surface area (Å²) in [5.74, 6) is -0.548. The molecule has 1 aromatic heterocycles. The highest BCUT2D eigenvalue weighted by Gasteiger charge is 2.17. The topological polar surface area (TPSA) is 49.0 Å². The molecule has 1 amide bonds. The Kier molecular flexibility index (Phi) is 3.41. The molecular formula is C11H9FIN3O. The van der Waals surface area contributed by atoms with E-state index in [-0.39, 0.29) is 11.7 Å². The number of amides is 1. The van der Waals surface area contributed by atoms with Gasteiger partial charge in [0, 0.05) is 16.8 Å². The van der Waals surface area contributed by atoms with Gasteiger partial charge in [-0.1, -0.05) is 0 Å². The summed E-state index contributed by atoms with van der Waals surface area (Å²) >= 11 is 1.94. The minimum Gasteiger partial charge on any atom is -0.308 e. The maximum absolute atomic E-state index is 12.9. The quantitative estimate of drug-likeness (QED) is 0.850.